The van der Waals surface area contributed by atoms with Crippen molar-refractivity contribution in [2.45, 2.75) is 0 Å². The zero-order chi connectivity index (χ0) is 4.41. The van der Waals surface area contributed by atoms with E-state index in [0.717, 1.165) is 17.1 Å². The Hall–Kier alpha value is 0.200. The van der Waals surface area contributed by atoms with E-state index in [1.165, 1.54) is 0 Å². The third-order valence-electron chi connectivity index (χ3n) is 0.549. The fourth-order valence-corrected chi connectivity index (χ4v) is 0.770. The topological polar surface area (TPSA) is 21.6 Å². The van der Waals surface area contributed by atoms with Gasteiger partial charge < -0.3 is 4.74 Å². The van der Waals surface area contributed by atoms with Gasteiger partial charge in [0.05, 0.1) is 6.54 Å². The van der Waals surface area contributed by atoms with E-state index in [2.05, 4.69) is 27.6 Å². The third kappa shape index (κ3) is 0.830. The second-order valence-corrected chi connectivity index (χ2v) is 1.91. The first kappa shape index (κ1) is 4.36. The average Bonchev–Trinajstić information content (AvgIpc) is 1.86. The lowest BCUT2D eigenvalue weighted by molar-refractivity contribution is 0.359. The van der Waals surface area contributed by atoms with E-state index in [4.69, 9.17) is 4.74 Å². The predicted molar refractivity (Wildman–Crippen MR) is 32.3 cm³/mol. The van der Waals surface area contributed by atoms with Gasteiger partial charge in [-0.3, -0.25) is 0 Å². The molecule has 0 amide bonds. The van der Waals surface area contributed by atoms with Crippen LogP contribution in [0.3, 0.4) is 0 Å². The van der Waals surface area contributed by atoms with Gasteiger partial charge in [-0.05, 0) is 0 Å². The minimum absolute atomic E-state index is 0.776. The van der Waals surface area contributed by atoms with Crippen molar-refractivity contribution < 1.29 is 4.74 Å². The van der Waals surface area contributed by atoms with Crippen molar-refractivity contribution in [1.82, 2.24) is 0 Å². The molecule has 0 aromatic rings. The van der Waals surface area contributed by atoms with E-state index in [9.17, 15) is 0 Å². The largest absolute Gasteiger partial charge is 0.472 e. The molecule has 3 heteroatoms. The van der Waals surface area contributed by atoms with Crippen LogP contribution >= 0.6 is 22.6 Å². The molecule has 0 fully saturated rings. The van der Waals surface area contributed by atoms with Crippen LogP contribution in [0.15, 0.2) is 4.99 Å². The number of rotatable bonds is 0. The molecule has 0 aliphatic carbocycles. The lowest BCUT2D eigenvalue weighted by atomic mass is 10.8. The summed E-state index contributed by atoms with van der Waals surface area (Å²) in [6.45, 7) is 1.62. The van der Waals surface area contributed by atoms with Gasteiger partial charge in [-0.15, -0.1) is 0 Å². The van der Waals surface area contributed by atoms with Crippen molar-refractivity contribution in [3.8, 4) is 0 Å². The Labute approximate surface area is 49.7 Å². The molecule has 1 aliphatic rings. The van der Waals surface area contributed by atoms with Gasteiger partial charge in [0.2, 0.25) is 3.90 Å². The highest BCUT2D eigenvalue weighted by Gasteiger charge is 1.98. The molecule has 0 bridgehead atoms. The Morgan fingerprint density at radius 2 is 2.67 bits per heavy atom. The zero-order valence-electron chi connectivity index (χ0n) is 3.15. The maximum atomic E-state index is 4.89. The van der Waals surface area contributed by atoms with Crippen LogP contribution in [0, 0.1) is 0 Å². The SMILES string of the molecule is IC1=NCCO1. The first-order valence-electron chi connectivity index (χ1n) is 1.72. The molecular weight excluding hydrogens is 193 g/mol. The van der Waals surface area contributed by atoms with Crippen molar-refractivity contribution in [3.63, 3.8) is 0 Å². The van der Waals surface area contributed by atoms with E-state index >= 15 is 0 Å². The van der Waals surface area contributed by atoms with E-state index in [0.29, 0.717) is 0 Å². The van der Waals surface area contributed by atoms with Gasteiger partial charge in [-0.2, -0.15) is 0 Å². The molecule has 34 valence electrons. The number of hydrogen-bond acceptors (Lipinski definition) is 2. The summed E-state index contributed by atoms with van der Waals surface area (Å²) >= 11 is 2.06. The van der Waals surface area contributed by atoms with E-state index in [-0.39, 0.29) is 0 Å². The Morgan fingerprint density at radius 3 is 2.83 bits per heavy atom. The van der Waals surface area contributed by atoms with Gasteiger partial charge in [-0.25, -0.2) is 4.99 Å². The molecule has 0 atom stereocenters. The quantitative estimate of drug-likeness (QED) is 0.526. The Kier molecular flexibility index (Phi) is 1.29. The van der Waals surface area contributed by atoms with Crippen LogP contribution in [0.25, 0.3) is 0 Å². The van der Waals surface area contributed by atoms with Crippen LogP contribution < -0.4 is 0 Å². The molecule has 1 heterocycles. The first-order valence-corrected chi connectivity index (χ1v) is 2.80. The summed E-state index contributed by atoms with van der Waals surface area (Å²) in [4.78, 5) is 3.92. The molecule has 0 aromatic heterocycles. The zero-order valence-corrected chi connectivity index (χ0v) is 5.31. The molecule has 0 spiro atoms. The molecule has 0 unspecified atom stereocenters. The molecular formula is C3H4INO. The third-order valence-corrected chi connectivity index (χ3v) is 1.20. The summed E-state index contributed by atoms with van der Waals surface area (Å²) in [6, 6.07) is 0. The molecule has 0 N–H and O–H groups in total. The van der Waals surface area contributed by atoms with Gasteiger partial charge in [-0.1, -0.05) is 0 Å². The van der Waals surface area contributed by atoms with Gasteiger partial charge in [0.25, 0.3) is 0 Å². The number of nitrogens with zero attached hydrogens (tertiary/aromatic N) is 1. The normalized spacial score (nSPS) is 19.8. The minimum Gasteiger partial charge on any atom is -0.472 e. The number of halogens is 1. The van der Waals surface area contributed by atoms with E-state index in [1.54, 1.807) is 0 Å². The van der Waals surface area contributed by atoms with Crippen LogP contribution in [-0.4, -0.2) is 17.1 Å². The molecule has 0 saturated heterocycles. The summed E-state index contributed by atoms with van der Waals surface area (Å²) in [6.07, 6.45) is 0. The van der Waals surface area contributed by atoms with Crippen molar-refractivity contribution >= 4 is 26.5 Å². The second-order valence-electron chi connectivity index (χ2n) is 0.983. The Balaban J connectivity index is 2.45. The Morgan fingerprint density at radius 1 is 1.83 bits per heavy atom. The van der Waals surface area contributed by atoms with E-state index < -0.39 is 0 Å². The summed E-state index contributed by atoms with van der Waals surface area (Å²) in [5, 5.41) is 0. The van der Waals surface area contributed by atoms with Crippen molar-refractivity contribution in [2.24, 2.45) is 4.99 Å². The predicted octanol–water partition coefficient (Wildman–Crippen LogP) is 0.808. The molecule has 1 rings (SSSR count). The number of hydrogen-bond donors (Lipinski definition) is 0. The van der Waals surface area contributed by atoms with E-state index in [1.807, 2.05) is 0 Å². The van der Waals surface area contributed by atoms with Crippen molar-refractivity contribution in [3.05, 3.63) is 0 Å². The molecule has 0 saturated carbocycles. The highest BCUT2D eigenvalue weighted by Crippen LogP contribution is 1.99. The maximum Gasteiger partial charge on any atom is 0.247 e. The first-order chi connectivity index (χ1) is 2.89. The molecule has 0 aromatic carbocycles. The van der Waals surface area contributed by atoms with Crippen LogP contribution in [0.2, 0.25) is 0 Å². The highest BCUT2D eigenvalue weighted by molar-refractivity contribution is 14.1. The lowest BCUT2D eigenvalue weighted by Gasteiger charge is -1.84. The lowest BCUT2D eigenvalue weighted by Crippen LogP contribution is -1.85. The summed E-state index contributed by atoms with van der Waals surface area (Å²) < 4.78 is 5.69. The van der Waals surface area contributed by atoms with Crippen molar-refractivity contribution in [1.29, 1.82) is 0 Å². The number of aliphatic imine (C=N–C) groups is 1. The minimum atomic E-state index is 0.776. The fourth-order valence-electron chi connectivity index (χ4n) is 0.309. The van der Waals surface area contributed by atoms with Crippen LogP contribution in [-0.2, 0) is 4.74 Å². The van der Waals surface area contributed by atoms with Crippen LogP contribution in [0.4, 0.5) is 0 Å². The monoisotopic (exact) mass is 197 g/mol. The summed E-state index contributed by atoms with van der Waals surface area (Å²) in [5.41, 5.74) is 0. The van der Waals surface area contributed by atoms with Crippen molar-refractivity contribution in [2.75, 3.05) is 13.2 Å². The average molecular weight is 197 g/mol. The fraction of sp³-hybridized carbons (Fsp3) is 0.667. The maximum absolute atomic E-state index is 4.89. The standard InChI is InChI=1S/C3H4INO/c4-3-5-1-2-6-3/h1-2H2. The summed E-state index contributed by atoms with van der Waals surface area (Å²) in [5.74, 6) is 0. The van der Waals surface area contributed by atoms with Crippen LogP contribution in [0.1, 0.15) is 0 Å². The summed E-state index contributed by atoms with van der Waals surface area (Å²) in [7, 11) is 0. The van der Waals surface area contributed by atoms with Gasteiger partial charge in [0.15, 0.2) is 0 Å². The Bertz CT molecular complexity index is 80.9. The smallest absolute Gasteiger partial charge is 0.247 e. The van der Waals surface area contributed by atoms with Gasteiger partial charge in [0, 0.05) is 22.6 Å². The van der Waals surface area contributed by atoms with Crippen LogP contribution in [0.5, 0.6) is 0 Å². The van der Waals surface area contributed by atoms with Gasteiger partial charge >= 0.3 is 0 Å². The molecule has 0 radical (unpaired) electrons. The molecule has 6 heavy (non-hydrogen) atoms. The van der Waals surface area contributed by atoms with Gasteiger partial charge in [0.1, 0.15) is 6.61 Å². The second kappa shape index (κ2) is 1.77. The number of ether oxygens (including phenoxy) is 1. The highest BCUT2D eigenvalue weighted by atomic mass is 127. The molecule has 2 nitrogen and oxygen atoms in total. The molecule has 1 aliphatic heterocycles.